The lowest BCUT2D eigenvalue weighted by molar-refractivity contribution is -0.123. The smallest absolute Gasteiger partial charge is 0.242 e. The standard InChI is InChI=1S/C16H25N3O.ClH/c1-11(15(20)18-16(2,3)4)19-10-6-7-12-13(17)8-5-9-14(12)19;/h5,8-9,11H,6-7,10,17H2,1-4H3,(H,18,20);1H. The maximum absolute atomic E-state index is 12.4. The summed E-state index contributed by atoms with van der Waals surface area (Å²) < 4.78 is 0. The first-order valence-electron chi connectivity index (χ1n) is 7.25. The van der Waals surface area contributed by atoms with E-state index in [0.29, 0.717) is 0 Å². The highest BCUT2D eigenvalue weighted by Gasteiger charge is 2.28. The van der Waals surface area contributed by atoms with Gasteiger partial charge >= 0.3 is 0 Å². The minimum absolute atomic E-state index is 0. The Morgan fingerprint density at radius 1 is 1.38 bits per heavy atom. The number of nitrogens with one attached hydrogen (secondary N) is 1. The third-order valence-corrected chi connectivity index (χ3v) is 3.67. The SMILES string of the molecule is CC(C(=O)NC(C)(C)C)N1CCCc2c(N)cccc21.Cl. The summed E-state index contributed by atoms with van der Waals surface area (Å²) >= 11 is 0. The summed E-state index contributed by atoms with van der Waals surface area (Å²) in [7, 11) is 0. The number of carbonyl (C=O) groups excluding carboxylic acids is 1. The van der Waals surface area contributed by atoms with Gasteiger partial charge in [0, 0.05) is 23.5 Å². The van der Waals surface area contributed by atoms with Gasteiger partial charge in [-0.15, -0.1) is 12.4 Å². The van der Waals surface area contributed by atoms with Crippen molar-refractivity contribution in [1.82, 2.24) is 5.32 Å². The Bertz CT molecular complexity index is 511. The zero-order chi connectivity index (χ0) is 14.9. The first kappa shape index (κ1) is 17.6. The molecule has 0 fully saturated rings. The molecule has 1 unspecified atom stereocenters. The van der Waals surface area contributed by atoms with E-state index in [0.717, 1.165) is 30.8 Å². The Labute approximate surface area is 133 Å². The molecule has 0 saturated heterocycles. The molecular formula is C16H26ClN3O. The maximum atomic E-state index is 12.4. The van der Waals surface area contributed by atoms with Crippen molar-refractivity contribution in [3.63, 3.8) is 0 Å². The monoisotopic (exact) mass is 311 g/mol. The van der Waals surface area contributed by atoms with Crippen molar-refractivity contribution >= 4 is 29.7 Å². The number of rotatable bonds is 2. The van der Waals surface area contributed by atoms with Crippen LogP contribution in [0.5, 0.6) is 0 Å². The van der Waals surface area contributed by atoms with Crippen LogP contribution in [0.4, 0.5) is 11.4 Å². The number of carbonyl (C=O) groups is 1. The van der Waals surface area contributed by atoms with Gasteiger partial charge in [-0.3, -0.25) is 4.79 Å². The molecule has 0 bridgehead atoms. The van der Waals surface area contributed by atoms with Crippen molar-refractivity contribution in [2.24, 2.45) is 0 Å². The summed E-state index contributed by atoms with van der Waals surface area (Å²) in [4.78, 5) is 14.5. The Kier molecular flexibility index (Phi) is 5.51. The van der Waals surface area contributed by atoms with Gasteiger partial charge in [0.1, 0.15) is 6.04 Å². The lowest BCUT2D eigenvalue weighted by atomic mass is 9.98. The second-order valence-corrected chi connectivity index (χ2v) is 6.56. The number of nitrogens with zero attached hydrogens (tertiary/aromatic N) is 1. The van der Waals surface area contributed by atoms with Crippen LogP contribution in [0.15, 0.2) is 18.2 Å². The fourth-order valence-corrected chi connectivity index (χ4v) is 2.70. The quantitative estimate of drug-likeness (QED) is 0.826. The third-order valence-electron chi connectivity index (χ3n) is 3.67. The van der Waals surface area contributed by atoms with Crippen LogP contribution in [0, 0.1) is 0 Å². The van der Waals surface area contributed by atoms with E-state index in [1.54, 1.807) is 0 Å². The highest BCUT2D eigenvalue weighted by Crippen LogP contribution is 2.32. The zero-order valence-electron chi connectivity index (χ0n) is 13.3. The summed E-state index contributed by atoms with van der Waals surface area (Å²) in [6.07, 6.45) is 2.03. The lowest BCUT2D eigenvalue weighted by Crippen LogP contribution is -2.52. The molecule has 2 rings (SSSR count). The number of halogens is 1. The normalized spacial score (nSPS) is 15.7. The minimum atomic E-state index is -0.209. The summed E-state index contributed by atoms with van der Waals surface area (Å²) in [6.45, 7) is 8.85. The topological polar surface area (TPSA) is 58.4 Å². The molecule has 1 amide bonds. The average Bonchev–Trinajstić information content (AvgIpc) is 2.36. The number of nitrogen functional groups attached to an aromatic ring is 1. The molecule has 0 aliphatic carbocycles. The predicted octanol–water partition coefficient (Wildman–Crippen LogP) is 2.75. The van der Waals surface area contributed by atoms with Crippen LogP contribution in [-0.2, 0) is 11.2 Å². The van der Waals surface area contributed by atoms with E-state index in [1.165, 1.54) is 5.56 Å². The van der Waals surface area contributed by atoms with E-state index in [1.807, 2.05) is 39.8 Å². The van der Waals surface area contributed by atoms with E-state index >= 15 is 0 Å². The first-order chi connectivity index (χ1) is 9.29. The molecular weight excluding hydrogens is 286 g/mol. The molecule has 0 radical (unpaired) electrons. The molecule has 0 aromatic heterocycles. The second kappa shape index (κ2) is 6.56. The molecule has 5 heteroatoms. The van der Waals surface area contributed by atoms with Crippen molar-refractivity contribution in [2.75, 3.05) is 17.2 Å². The van der Waals surface area contributed by atoms with Crippen molar-refractivity contribution in [3.05, 3.63) is 23.8 Å². The molecule has 21 heavy (non-hydrogen) atoms. The van der Waals surface area contributed by atoms with Gasteiger partial charge in [-0.25, -0.2) is 0 Å². The van der Waals surface area contributed by atoms with E-state index in [2.05, 4.69) is 16.3 Å². The van der Waals surface area contributed by atoms with Crippen molar-refractivity contribution in [3.8, 4) is 0 Å². The van der Waals surface area contributed by atoms with Crippen LogP contribution in [0.25, 0.3) is 0 Å². The highest BCUT2D eigenvalue weighted by molar-refractivity contribution is 5.86. The first-order valence-corrected chi connectivity index (χ1v) is 7.25. The second-order valence-electron chi connectivity index (χ2n) is 6.56. The van der Waals surface area contributed by atoms with E-state index in [-0.39, 0.29) is 29.9 Å². The van der Waals surface area contributed by atoms with E-state index in [9.17, 15) is 4.79 Å². The van der Waals surface area contributed by atoms with Crippen LogP contribution >= 0.6 is 12.4 Å². The summed E-state index contributed by atoms with van der Waals surface area (Å²) in [5.41, 5.74) is 8.95. The molecule has 0 saturated carbocycles. The van der Waals surface area contributed by atoms with E-state index < -0.39 is 0 Å². The molecule has 1 aromatic carbocycles. The van der Waals surface area contributed by atoms with Crippen LogP contribution < -0.4 is 16.0 Å². The van der Waals surface area contributed by atoms with Crippen LogP contribution in [0.3, 0.4) is 0 Å². The predicted molar refractivity (Wildman–Crippen MR) is 91.1 cm³/mol. The average molecular weight is 312 g/mol. The number of benzene rings is 1. The third kappa shape index (κ3) is 4.03. The molecule has 1 aromatic rings. The molecule has 1 aliphatic rings. The fourth-order valence-electron chi connectivity index (χ4n) is 2.70. The van der Waals surface area contributed by atoms with Gasteiger partial charge in [0.25, 0.3) is 0 Å². The Balaban J connectivity index is 0.00000220. The van der Waals surface area contributed by atoms with E-state index in [4.69, 9.17) is 5.73 Å². The molecule has 1 heterocycles. The number of fused-ring (bicyclic) bond motifs is 1. The number of hydrogen-bond donors (Lipinski definition) is 2. The fraction of sp³-hybridized carbons (Fsp3) is 0.562. The molecule has 1 aliphatic heterocycles. The maximum Gasteiger partial charge on any atom is 0.242 e. The van der Waals surface area contributed by atoms with Gasteiger partial charge in [0.15, 0.2) is 0 Å². The lowest BCUT2D eigenvalue weighted by Gasteiger charge is -2.37. The highest BCUT2D eigenvalue weighted by atomic mass is 35.5. The van der Waals surface area contributed by atoms with Crippen molar-refractivity contribution in [1.29, 1.82) is 0 Å². The molecule has 4 nitrogen and oxygen atoms in total. The summed E-state index contributed by atoms with van der Waals surface area (Å²) in [5.74, 6) is 0.0628. The number of hydrogen-bond acceptors (Lipinski definition) is 3. The minimum Gasteiger partial charge on any atom is -0.398 e. The number of nitrogens with two attached hydrogens (primary N) is 1. The van der Waals surface area contributed by atoms with Gasteiger partial charge in [0.2, 0.25) is 5.91 Å². The van der Waals surface area contributed by atoms with Crippen LogP contribution in [0.2, 0.25) is 0 Å². The Morgan fingerprint density at radius 2 is 2.05 bits per heavy atom. The van der Waals surface area contributed by atoms with Crippen molar-refractivity contribution in [2.45, 2.75) is 52.1 Å². The molecule has 3 N–H and O–H groups in total. The van der Waals surface area contributed by atoms with Gasteiger partial charge in [-0.2, -0.15) is 0 Å². The largest absolute Gasteiger partial charge is 0.398 e. The summed E-state index contributed by atoms with van der Waals surface area (Å²) in [5, 5.41) is 3.05. The molecule has 1 atom stereocenters. The molecule has 0 spiro atoms. The van der Waals surface area contributed by atoms with Gasteiger partial charge in [0.05, 0.1) is 0 Å². The van der Waals surface area contributed by atoms with Crippen LogP contribution in [0.1, 0.15) is 39.7 Å². The number of amides is 1. The Morgan fingerprint density at radius 3 is 2.67 bits per heavy atom. The Hall–Kier alpha value is -1.42. The summed E-state index contributed by atoms with van der Waals surface area (Å²) in [6, 6.07) is 5.77. The van der Waals surface area contributed by atoms with Crippen LogP contribution in [-0.4, -0.2) is 24.0 Å². The molecule has 118 valence electrons. The van der Waals surface area contributed by atoms with Gasteiger partial charge in [-0.05, 0) is 58.2 Å². The van der Waals surface area contributed by atoms with Crippen molar-refractivity contribution < 1.29 is 4.79 Å². The number of anilines is 2. The zero-order valence-corrected chi connectivity index (χ0v) is 14.1. The van der Waals surface area contributed by atoms with Gasteiger partial charge in [-0.1, -0.05) is 6.07 Å². The van der Waals surface area contributed by atoms with Gasteiger partial charge < -0.3 is 16.0 Å².